The van der Waals surface area contributed by atoms with Crippen LogP contribution in [-0.4, -0.2) is 18.0 Å². The summed E-state index contributed by atoms with van der Waals surface area (Å²) in [5.41, 5.74) is 2.83. The van der Waals surface area contributed by atoms with Crippen LogP contribution in [-0.2, 0) is 13.0 Å². The van der Waals surface area contributed by atoms with Gasteiger partial charge in [0.2, 0.25) is 0 Å². The normalized spacial score (nSPS) is 12.9. The molecule has 17 heavy (non-hydrogen) atoms. The van der Waals surface area contributed by atoms with Crippen molar-refractivity contribution < 1.29 is 0 Å². The van der Waals surface area contributed by atoms with Gasteiger partial charge in [-0.25, -0.2) is 0 Å². The van der Waals surface area contributed by atoms with E-state index in [-0.39, 0.29) is 0 Å². The van der Waals surface area contributed by atoms with E-state index < -0.39 is 0 Å². The summed E-state index contributed by atoms with van der Waals surface area (Å²) in [6.07, 6.45) is 1.11. The molecule has 1 unspecified atom stereocenters. The standard InChI is InChI=1S/C15H19NS/c1-13(10-14-6-4-3-5-7-14)16(2)11-15-8-9-17-12-15/h3-9,12-13H,10-11H2,1-2H3. The van der Waals surface area contributed by atoms with E-state index in [4.69, 9.17) is 0 Å². The first-order valence-corrected chi connectivity index (χ1v) is 6.95. The van der Waals surface area contributed by atoms with E-state index in [1.54, 1.807) is 11.3 Å². The third-order valence-electron chi connectivity index (χ3n) is 3.14. The molecule has 0 bridgehead atoms. The highest BCUT2D eigenvalue weighted by Crippen LogP contribution is 2.13. The van der Waals surface area contributed by atoms with Crippen molar-refractivity contribution in [3.8, 4) is 0 Å². The Bertz CT molecular complexity index is 421. The molecule has 0 fully saturated rings. The molecule has 1 atom stereocenters. The van der Waals surface area contributed by atoms with Crippen molar-refractivity contribution in [3.63, 3.8) is 0 Å². The lowest BCUT2D eigenvalue weighted by atomic mass is 10.1. The second-order valence-corrected chi connectivity index (χ2v) is 5.37. The van der Waals surface area contributed by atoms with Crippen molar-refractivity contribution in [2.24, 2.45) is 0 Å². The number of nitrogens with zero attached hydrogens (tertiary/aromatic N) is 1. The summed E-state index contributed by atoms with van der Waals surface area (Å²) in [5, 5.41) is 4.37. The van der Waals surface area contributed by atoms with Crippen LogP contribution < -0.4 is 0 Å². The number of hydrogen-bond acceptors (Lipinski definition) is 2. The van der Waals surface area contributed by atoms with Crippen LogP contribution in [0.4, 0.5) is 0 Å². The van der Waals surface area contributed by atoms with Gasteiger partial charge in [-0.3, -0.25) is 4.90 Å². The lowest BCUT2D eigenvalue weighted by Gasteiger charge is -2.24. The van der Waals surface area contributed by atoms with Gasteiger partial charge in [-0.1, -0.05) is 30.3 Å². The van der Waals surface area contributed by atoms with Gasteiger partial charge in [0.25, 0.3) is 0 Å². The minimum absolute atomic E-state index is 0.567. The van der Waals surface area contributed by atoms with Crippen molar-refractivity contribution in [3.05, 3.63) is 58.3 Å². The second-order valence-electron chi connectivity index (χ2n) is 4.59. The molecule has 0 aliphatic rings. The molecule has 2 rings (SSSR count). The molecule has 0 spiro atoms. The Labute approximate surface area is 108 Å². The Morgan fingerprint density at radius 1 is 1.12 bits per heavy atom. The summed E-state index contributed by atoms with van der Waals surface area (Å²) < 4.78 is 0. The second kappa shape index (κ2) is 5.99. The van der Waals surface area contributed by atoms with Crippen LogP contribution in [0.15, 0.2) is 47.2 Å². The predicted molar refractivity (Wildman–Crippen MR) is 75.4 cm³/mol. The zero-order valence-electron chi connectivity index (χ0n) is 10.5. The zero-order valence-corrected chi connectivity index (χ0v) is 11.3. The molecule has 0 aliphatic heterocycles. The summed E-state index contributed by atoms with van der Waals surface area (Å²) in [7, 11) is 2.20. The minimum Gasteiger partial charge on any atom is -0.299 e. The van der Waals surface area contributed by atoms with Crippen LogP contribution in [0, 0.1) is 0 Å². The first-order valence-electron chi connectivity index (χ1n) is 6.01. The molecule has 0 N–H and O–H groups in total. The summed E-state index contributed by atoms with van der Waals surface area (Å²) in [4.78, 5) is 2.41. The van der Waals surface area contributed by atoms with Gasteiger partial charge in [-0.2, -0.15) is 11.3 Å². The first kappa shape index (κ1) is 12.3. The van der Waals surface area contributed by atoms with E-state index in [9.17, 15) is 0 Å². The molecule has 0 radical (unpaired) electrons. The molecule has 1 nitrogen and oxygen atoms in total. The van der Waals surface area contributed by atoms with E-state index >= 15 is 0 Å². The lowest BCUT2D eigenvalue weighted by molar-refractivity contribution is 0.248. The summed E-state index contributed by atoms with van der Waals surface area (Å²) in [6, 6.07) is 13.5. The number of benzene rings is 1. The van der Waals surface area contributed by atoms with E-state index in [0.29, 0.717) is 6.04 Å². The lowest BCUT2D eigenvalue weighted by Crippen LogP contribution is -2.30. The molecule has 0 saturated heterocycles. The van der Waals surface area contributed by atoms with Crippen molar-refractivity contribution in [2.75, 3.05) is 7.05 Å². The molecule has 0 saturated carbocycles. The van der Waals surface area contributed by atoms with Crippen LogP contribution in [0.1, 0.15) is 18.1 Å². The molecule has 1 aromatic heterocycles. The summed E-state index contributed by atoms with van der Waals surface area (Å²) in [5.74, 6) is 0. The smallest absolute Gasteiger partial charge is 0.0241 e. The summed E-state index contributed by atoms with van der Waals surface area (Å²) in [6.45, 7) is 3.33. The highest BCUT2D eigenvalue weighted by atomic mass is 32.1. The maximum absolute atomic E-state index is 2.41. The van der Waals surface area contributed by atoms with Gasteiger partial charge in [-0.15, -0.1) is 0 Å². The Hall–Kier alpha value is -1.12. The third kappa shape index (κ3) is 3.69. The SMILES string of the molecule is CC(Cc1ccccc1)N(C)Cc1ccsc1. The monoisotopic (exact) mass is 245 g/mol. The van der Waals surface area contributed by atoms with Crippen LogP contribution in [0.3, 0.4) is 0 Å². The van der Waals surface area contributed by atoms with Gasteiger partial charge >= 0.3 is 0 Å². The molecule has 1 aromatic carbocycles. The maximum Gasteiger partial charge on any atom is 0.0241 e. The van der Waals surface area contributed by atoms with Gasteiger partial charge in [0, 0.05) is 12.6 Å². The van der Waals surface area contributed by atoms with Crippen LogP contribution in [0.25, 0.3) is 0 Å². The van der Waals surface area contributed by atoms with Crippen LogP contribution in [0.5, 0.6) is 0 Å². The fraction of sp³-hybridized carbons (Fsp3) is 0.333. The average Bonchev–Trinajstić information content (AvgIpc) is 2.83. The number of rotatable bonds is 5. The minimum atomic E-state index is 0.567. The zero-order chi connectivity index (χ0) is 12.1. The summed E-state index contributed by atoms with van der Waals surface area (Å²) >= 11 is 1.77. The highest BCUT2D eigenvalue weighted by molar-refractivity contribution is 7.07. The molecule has 0 aliphatic carbocycles. The fourth-order valence-corrected chi connectivity index (χ4v) is 2.60. The van der Waals surface area contributed by atoms with E-state index in [0.717, 1.165) is 13.0 Å². The van der Waals surface area contributed by atoms with Gasteiger partial charge < -0.3 is 0 Å². The van der Waals surface area contributed by atoms with Crippen molar-refractivity contribution in [1.29, 1.82) is 0 Å². The van der Waals surface area contributed by atoms with E-state index in [1.165, 1.54) is 11.1 Å². The highest BCUT2D eigenvalue weighted by Gasteiger charge is 2.10. The number of thiophene rings is 1. The van der Waals surface area contributed by atoms with Crippen LogP contribution in [0.2, 0.25) is 0 Å². The van der Waals surface area contributed by atoms with Gasteiger partial charge in [0.1, 0.15) is 0 Å². The van der Waals surface area contributed by atoms with E-state index in [1.807, 2.05) is 0 Å². The topological polar surface area (TPSA) is 3.24 Å². The Kier molecular flexibility index (Phi) is 4.35. The third-order valence-corrected chi connectivity index (χ3v) is 3.87. The Balaban J connectivity index is 1.89. The first-order chi connectivity index (χ1) is 8.25. The molecule has 2 heteroatoms. The molecule has 2 aromatic rings. The van der Waals surface area contributed by atoms with Crippen molar-refractivity contribution in [1.82, 2.24) is 4.90 Å². The van der Waals surface area contributed by atoms with Crippen molar-refractivity contribution in [2.45, 2.75) is 25.9 Å². The van der Waals surface area contributed by atoms with Crippen LogP contribution >= 0.6 is 11.3 Å². The Morgan fingerprint density at radius 2 is 1.88 bits per heavy atom. The quantitative estimate of drug-likeness (QED) is 0.774. The molecular weight excluding hydrogens is 226 g/mol. The average molecular weight is 245 g/mol. The Morgan fingerprint density at radius 3 is 2.53 bits per heavy atom. The van der Waals surface area contributed by atoms with Gasteiger partial charge in [0.15, 0.2) is 0 Å². The van der Waals surface area contributed by atoms with Gasteiger partial charge in [-0.05, 0) is 48.3 Å². The van der Waals surface area contributed by atoms with Crippen molar-refractivity contribution >= 4 is 11.3 Å². The van der Waals surface area contributed by atoms with E-state index in [2.05, 4.69) is 66.0 Å². The van der Waals surface area contributed by atoms with Gasteiger partial charge in [0.05, 0.1) is 0 Å². The molecule has 90 valence electrons. The largest absolute Gasteiger partial charge is 0.299 e. The molecular formula is C15H19NS. The number of hydrogen-bond donors (Lipinski definition) is 0. The number of likely N-dealkylation sites (N-methyl/N-ethyl adjacent to an activating group) is 1. The fourth-order valence-electron chi connectivity index (χ4n) is 1.94. The molecule has 0 amide bonds. The predicted octanol–water partition coefficient (Wildman–Crippen LogP) is 3.81. The molecule has 1 heterocycles. The maximum atomic E-state index is 2.41.